The molecule has 0 heterocycles. The van der Waals surface area contributed by atoms with Gasteiger partial charge in [0.25, 0.3) is 0 Å². The minimum atomic E-state index is -4.06. The van der Waals surface area contributed by atoms with Crippen LogP contribution in [0.1, 0.15) is 15.9 Å². The molecule has 5 rings (SSSR count). The number of nitrogens with one attached hydrogen (secondary N) is 1. The molecule has 5 aromatic carbocycles. The van der Waals surface area contributed by atoms with E-state index in [-0.39, 0.29) is 32.6 Å². The maximum atomic E-state index is 13.4. The van der Waals surface area contributed by atoms with Gasteiger partial charge in [0, 0.05) is 5.56 Å². The molecule has 0 aromatic heterocycles. The van der Waals surface area contributed by atoms with E-state index in [4.69, 9.17) is 21.6 Å². The Bertz CT molecular complexity index is 1850. The van der Waals surface area contributed by atoms with E-state index in [0.29, 0.717) is 11.3 Å². The van der Waals surface area contributed by atoms with Gasteiger partial charge in [-0.1, -0.05) is 48.5 Å². The molecule has 37 heavy (non-hydrogen) atoms. The van der Waals surface area contributed by atoms with Gasteiger partial charge in [0.15, 0.2) is 5.75 Å². The highest BCUT2D eigenvalue weighted by Crippen LogP contribution is 2.37. The van der Waals surface area contributed by atoms with Crippen molar-refractivity contribution >= 4 is 48.9 Å². The van der Waals surface area contributed by atoms with Crippen molar-refractivity contribution in [3.05, 3.63) is 102 Å². The molecule has 0 spiro atoms. The molecular formula is C28H21N3O5S. The quantitative estimate of drug-likeness (QED) is 0.139. The lowest BCUT2D eigenvalue weighted by Gasteiger charge is -2.15. The molecule has 0 radical (unpaired) electrons. The Labute approximate surface area is 212 Å². The molecule has 6 N–H and O–H groups in total. The van der Waals surface area contributed by atoms with Crippen LogP contribution in [0.25, 0.3) is 21.5 Å². The molecule has 0 atom stereocenters. The monoisotopic (exact) mass is 511 g/mol. The first kappa shape index (κ1) is 23.8. The van der Waals surface area contributed by atoms with Crippen molar-refractivity contribution in [3.63, 3.8) is 0 Å². The van der Waals surface area contributed by atoms with Gasteiger partial charge in [-0.3, -0.25) is 5.41 Å². The van der Waals surface area contributed by atoms with Crippen molar-refractivity contribution in [2.24, 2.45) is 5.73 Å². The summed E-state index contributed by atoms with van der Waals surface area (Å²) in [6.45, 7) is 0. The van der Waals surface area contributed by atoms with Gasteiger partial charge in [0.05, 0.1) is 15.5 Å². The third-order valence-corrected chi connectivity index (χ3v) is 7.74. The van der Waals surface area contributed by atoms with Gasteiger partial charge in [-0.25, -0.2) is 13.2 Å². The summed E-state index contributed by atoms with van der Waals surface area (Å²) in [7, 11) is -4.06. The normalized spacial score (nSPS) is 11.5. The van der Waals surface area contributed by atoms with Crippen molar-refractivity contribution < 1.29 is 23.1 Å². The van der Waals surface area contributed by atoms with Crippen LogP contribution in [-0.4, -0.2) is 25.3 Å². The highest BCUT2D eigenvalue weighted by Gasteiger charge is 2.25. The van der Waals surface area contributed by atoms with Crippen molar-refractivity contribution in [1.29, 1.82) is 5.41 Å². The Kier molecular flexibility index (Phi) is 5.77. The first-order chi connectivity index (χ1) is 17.6. The second kappa shape index (κ2) is 8.96. The highest BCUT2D eigenvalue weighted by molar-refractivity contribution is 7.91. The van der Waals surface area contributed by atoms with Gasteiger partial charge < -0.3 is 21.3 Å². The number of hydrogen-bond acceptors (Lipinski definition) is 6. The van der Waals surface area contributed by atoms with Gasteiger partial charge in [-0.05, 0) is 64.0 Å². The zero-order valence-corrected chi connectivity index (χ0v) is 20.1. The fourth-order valence-corrected chi connectivity index (χ4v) is 5.45. The van der Waals surface area contributed by atoms with Crippen LogP contribution in [-0.2, 0) is 9.84 Å². The summed E-state index contributed by atoms with van der Waals surface area (Å²) in [6, 6.07) is 24.6. The number of nitrogens with two attached hydrogens (primary N) is 2. The van der Waals surface area contributed by atoms with E-state index in [1.807, 2.05) is 12.1 Å². The number of hydrogen-bond donors (Lipinski definition) is 4. The molecular weight excluding hydrogens is 490 g/mol. The van der Waals surface area contributed by atoms with Crippen LogP contribution in [0, 0.1) is 5.41 Å². The van der Waals surface area contributed by atoms with E-state index >= 15 is 0 Å². The Hall–Kier alpha value is -4.89. The second-order valence-electron chi connectivity index (χ2n) is 8.45. The van der Waals surface area contributed by atoms with Crippen LogP contribution in [0.4, 0.5) is 5.69 Å². The summed E-state index contributed by atoms with van der Waals surface area (Å²) in [5, 5.41) is 20.6. The Morgan fingerprint density at radius 3 is 2.16 bits per heavy atom. The lowest BCUT2D eigenvalue weighted by atomic mass is 10.1. The first-order valence-electron chi connectivity index (χ1n) is 11.1. The van der Waals surface area contributed by atoms with Gasteiger partial charge in [-0.2, -0.15) is 0 Å². The summed E-state index contributed by atoms with van der Waals surface area (Å²) < 4.78 is 32.6. The number of rotatable bonds is 6. The van der Waals surface area contributed by atoms with E-state index in [9.17, 15) is 18.3 Å². The fraction of sp³-hybridized carbons (Fsp3) is 0. The van der Waals surface area contributed by atoms with Gasteiger partial charge >= 0.3 is 5.97 Å². The average Bonchev–Trinajstić information content (AvgIpc) is 2.88. The number of fused-ring (bicyclic) bond motifs is 2. The largest absolute Gasteiger partial charge is 0.478 e. The maximum Gasteiger partial charge on any atom is 0.339 e. The summed E-state index contributed by atoms with van der Waals surface area (Å²) >= 11 is 0. The lowest BCUT2D eigenvalue weighted by molar-refractivity contribution is 0.0694. The number of sulfone groups is 1. The predicted octanol–water partition coefficient (Wildman–Crippen LogP) is 5.18. The predicted molar refractivity (Wildman–Crippen MR) is 142 cm³/mol. The summed E-state index contributed by atoms with van der Waals surface area (Å²) in [5.74, 6) is -1.30. The SMILES string of the molecule is N=C(N)c1ccc2cc(Oc3c(N)cc(S(=O)(=O)c4ccc5ccccc5c4)cc3C(=O)O)ccc2c1. The molecule has 5 aromatic rings. The van der Waals surface area contributed by atoms with Crippen LogP contribution in [0.3, 0.4) is 0 Å². The summed E-state index contributed by atoms with van der Waals surface area (Å²) in [6.07, 6.45) is 0. The molecule has 0 aliphatic carbocycles. The van der Waals surface area contributed by atoms with Crippen molar-refractivity contribution in [1.82, 2.24) is 0 Å². The van der Waals surface area contributed by atoms with E-state index in [1.54, 1.807) is 54.6 Å². The van der Waals surface area contributed by atoms with E-state index in [2.05, 4.69) is 0 Å². The maximum absolute atomic E-state index is 13.4. The van der Waals surface area contributed by atoms with Crippen LogP contribution < -0.4 is 16.2 Å². The molecule has 0 saturated carbocycles. The molecule has 9 heteroatoms. The van der Waals surface area contributed by atoms with Crippen molar-refractivity contribution in [2.75, 3.05) is 5.73 Å². The fourth-order valence-electron chi connectivity index (χ4n) is 4.10. The topological polar surface area (TPSA) is 157 Å². The number of aromatic carboxylic acids is 1. The average molecular weight is 512 g/mol. The molecule has 0 amide bonds. The number of ether oxygens (including phenoxy) is 1. The van der Waals surface area contributed by atoms with E-state index in [1.165, 1.54) is 18.2 Å². The zero-order chi connectivity index (χ0) is 26.3. The minimum absolute atomic E-state index is 0.0232. The first-order valence-corrected chi connectivity index (χ1v) is 12.6. The van der Waals surface area contributed by atoms with Crippen LogP contribution in [0.5, 0.6) is 11.5 Å². The number of carbonyl (C=O) groups is 1. The van der Waals surface area contributed by atoms with Gasteiger partial charge in [0.1, 0.15) is 17.1 Å². The molecule has 184 valence electrons. The van der Waals surface area contributed by atoms with Crippen LogP contribution in [0.15, 0.2) is 101 Å². The van der Waals surface area contributed by atoms with E-state index < -0.39 is 15.8 Å². The standard InChI is InChI=1S/C28H21N3O5S/c29-25-15-23(37(34,35)22-10-8-16-3-1-2-4-17(16)13-22)14-24(28(32)33)26(25)36-21-9-7-18-11-20(27(30)31)6-5-19(18)12-21/h1-15H,29H2,(H3,30,31)(H,32,33). The van der Waals surface area contributed by atoms with Crippen LogP contribution in [0.2, 0.25) is 0 Å². The highest BCUT2D eigenvalue weighted by atomic mass is 32.2. The smallest absolute Gasteiger partial charge is 0.339 e. The Balaban J connectivity index is 1.55. The molecule has 0 bridgehead atoms. The van der Waals surface area contributed by atoms with Gasteiger partial charge in [-0.15, -0.1) is 0 Å². The third-order valence-electron chi connectivity index (χ3n) is 6.01. The number of amidine groups is 1. The number of carboxylic acid groups (broad SMARTS) is 1. The van der Waals surface area contributed by atoms with Gasteiger partial charge in [0.2, 0.25) is 9.84 Å². The number of benzene rings is 5. The molecule has 0 aliphatic rings. The molecule has 0 unspecified atom stereocenters. The van der Waals surface area contributed by atoms with E-state index in [0.717, 1.165) is 27.6 Å². The third kappa shape index (κ3) is 4.43. The summed E-state index contributed by atoms with van der Waals surface area (Å²) in [4.78, 5) is 11.9. The Morgan fingerprint density at radius 2 is 1.43 bits per heavy atom. The summed E-state index contributed by atoms with van der Waals surface area (Å²) in [5.41, 5.74) is 11.8. The number of nitrogen functional groups attached to an aromatic ring is 2. The van der Waals surface area contributed by atoms with Crippen molar-refractivity contribution in [3.8, 4) is 11.5 Å². The molecule has 0 saturated heterocycles. The zero-order valence-electron chi connectivity index (χ0n) is 19.3. The minimum Gasteiger partial charge on any atom is -0.478 e. The second-order valence-corrected chi connectivity index (χ2v) is 10.4. The lowest BCUT2D eigenvalue weighted by Crippen LogP contribution is -2.10. The number of anilines is 1. The molecule has 0 fully saturated rings. The Morgan fingerprint density at radius 1 is 0.784 bits per heavy atom. The van der Waals surface area contributed by atoms with Crippen molar-refractivity contribution in [2.45, 2.75) is 9.79 Å². The molecule has 0 aliphatic heterocycles. The van der Waals surface area contributed by atoms with Crippen LogP contribution >= 0.6 is 0 Å². The molecule has 8 nitrogen and oxygen atoms in total. The number of carboxylic acids is 1.